The fourth-order valence-corrected chi connectivity index (χ4v) is 11.8. The maximum atomic E-state index is 13.0. The van der Waals surface area contributed by atoms with Crippen molar-refractivity contribution in [2.75, 3.05) is 39.6 Å². The van der Waals surface area contributed by atoms with Crippen LogP contribution in [-0.2, 0) is 65.4 Å². The highest BCUT2D eigenvalue weighted by Crippen LogP contribution is 2.45. The minimum atomic E-state index is -4.95. The maximum Gasteiger partial charge on any atom is 0.472 e. The van der Waals surface area contributed by atoms with E-state index in [2.05, 4.69) is 55.4 Å². The van der Waals surface area contributed by atoms with Crippen molar-refractivity contribution in [3.63, 3.8) is 0 Å². The van der Waals surface area contributed by atoms with E-state index in [9.17, 15) is 43.2 Å². The third-order valence-corrected chi connectivity index (χ3v) is 18.4. The topological polar surface area (TPSA) is 237 Å². The minimum Gasteiger partial charge on any atom is -0.462 e. The summed E-state index contributed by atoms with van der Waals surface area (Å²) in [6.45, 7) is 14.0. The van der Waals surface area contributed by atoms with Gasteiger partial charge in [-0.05, 0) is 49.4 Å². The lowest BCUT2D eigenvalue weighted by Gasteiger charge is -2.21. The Labute approximate surface area is 537 Å². The van der Waals surface area contributed by atoms with Crippen molar-refractivity contribution in [3.8, 4) is 0 Å². The van der Waals surface area contributed by atoms with E-state index < -0.39 is 97.5 Å². The van der Waals surface area contributed by atoms with E-state index in [1.54, 1.807) is 0 Å². The molecule has 0 amide bonds. The molecule has 0 aromatic carbocycles. The van der Waals surface area contributed by atoms with E-state index in [0.717, 1.165) is 114 Å². The van der Waals surface area contributed by atoms with E-state index in [1.807, 2.05) is 0 Å². The van der Waals surface area contributed by atoms with Gasteiger partial charge in [0.15, 0.2) is 12.2 Å². The van der Waals surface area contributed by atoms with Crippen LogP contribution in [0.1, 0.15) is 338 Å². The van der Waals surface area contributed by atoms with Crippen LogP contribution in [0.3, 0.4) is 0 Å². The zero-order valence-electron chi connectivity index (χ0n) is 57.3. The van der Waals surface area contributed by atoms with Crippen LogP contribution in [-0.4, -0.2) is 96.7 Å². The average molecular weight is 1300 g/mol. The molecule has 0 bridgehead atoms. The molecular weight excluding hydrogens is 1160 g/mol. The van der Waals surface area contributed by atoms with Gasteiger partial charge < -0.3 is 33.8 Å². The highest BCUT2D eigenvalue weighted by molar-refractivity contribution is 7.47. The quantitative estimate of drug-likeness (QED) is 0.0222. The molecule has 7 atom stereocenters. The fraction of sp³-hybridized carbons (Fsp3) is 0.942. The molecule has 522 valence electrons. The monoisotopic (exact) mass is 1300 g/mol. The second-order valence-electron chi connectivity index (χ2n) is 26.4. The molecule has 19 heteroatoms. The van der Waals surface area contributed by atoms with Crippen LogP contribution in [0.25, 0.3) is 0 Å². The van der Waals surface area contributed by atoms with Gasteiger partial charge in [-0.3, -0.25) is 37.3 Å². The molecule has 0 saturated carbocycles. The van der Waals surface area contributed by atoms with Gasteiger partial charge in [-0.1, -0.05) is 287 Å². The van der Waals surface area contributed by atoms with E-state index >= 15 is 0 Å². The number of hydrogen-bond acceptors (Lipinski definition) is 15. The molecule has 17 nitrogen and oxygen atoms in total. The van der Waals surface area contributed by atoms with Gasteiger partial charge in [0.1, 0.15) is 19.3 Å². The van der Waals surface area contributed by atoms with Crippen LogP contribution in [0.5, 0.6) is 0 Å². The molecule has 0 aliphatic rings. The van der Waals surface area contributed by atoms with Crippen molar-refractivity contribution in [1.82, 2.24) is 0 Å². The molecular formula is C69H134O17P2. The van der Waals surface area contributed by atoms with Crippen LogP contribution < -0.4 is 0 Å². The molecule has 0 saturated heterocycles. The summed E-state index contributed by atoms with van der Waals surface area (Å²) in [6.07, 6.45) is 40.7. The second-order valence-corrected chi connectivity index (χ2v) is 29.3. The molecule has 88 heavy (non-hydrogen) atoms. The highest BCUT2D eigenvalue weighted by atomic mass is 31.2. The highest BCUT2D eigenvalue weighted by Gasteiger charge is 2.30. The Kier molecular flexibility index (Phi) is 57.6. The van der Waals surface area contributed by atoms with Gasteiger partial charge in [-0.15, -0.1) is 0 Å². The number of phosphoric acid groups is 2. The number of rotatable bonds is 66. The second kappa shape index (κ2) is 58.8. The molecule has 0 heterocycles. The van der Waals surface area contributed by atoms with Crippen LogP contribution in [0, 0.1) is 23.7 Å². The molecule has 0 radical (unpaired) electrons. The lowest BCUT2D eigenvalue weighted by atomic mass is 10.00. The fourth-order valence-electron chi connectivity index (χ4n) is 10.2. The van der Waals surface area contributed by atoms with Gasteiger partial charge >= 0.3 is 39.5 Å². The molecule has 3 N–H and O–H groups in total. The number of aliphatic hydroxyl groups is 1. The van der Waals surface area contributed by atoms with E-state index in [0.29, 0.717) is 31.6 Å². The number of carbonyl (C=O) groups excluding carboxylic acids is 4. The lowest BCUT2D eigenvalue weighted by molar-refractivity contribution is -0.161. The van der Waals surface area contributed by atoms with E-state index in [-0.39, 0.29) is 25.7 Å². The molecule has 0 spiro atoms. The number of unbranched alkanes of at least 4 members (excludes halogenated alkanes) is 30. The summed E-state index contributed by atoms with van der Waals surface area (Å²) >= 11 is 0. The van der Waals surface area contributed by atoms with Crippen LogP contribution in [0.4, 0.5) is 0 Å². The Bertz CT molecular complexity index is 1750. The van der Waals surface area contributed by atoms with E-state index in [4.69, 9.17) is 37.0 Å². The Balaban J connectivity index is 5.16. The standard InChI is InChI=1S/C69H134O17P2/c1-9-61(7)47-39-31-24-27-35-43-51-68(73)85-64(55-79-66(71)49-41-33-22-20-18-16-14-12-11-13-15-17-19-21-29-37-45-59(3)4)57-83-87(75,76)81-53-63(70)54-82-88(77,78)84-58-65(56-80-67(72)50-42-34-26-23-30-38-46-60(5)6)86-69(74)52-44-36-28-25-32-40-48-62(8)10-2/h59-65,70H,9-58H2,1-8H3,(H,75,76)(H,77,78)/t61?,62?,63-,64-,65-/m1/s1. The maximum absolute atomic E-state index is 13.0. The third kappa shape index (κ3) is 60.3. The Morgan fingerprint density at radius 2 is 0.545 bits per heavy atom. The summed E-state index contributed by atoms with van der Waals surface area (Å²) in [5.74, 6) is 0.793. The van der Waals surface area contributed by atoms with Gasteiger partial charge in [0, 0.05) is 25.7 Å². The number of ether oxygens (including phenoxy) is 4. The van der Waals surface area contributed by atoms with Crippen LogP contribution >= 0.6 is 15.6 Å². The zero-order valence-corrected chi connectivity index (χ0v) is 59.1. The smallest absolute Gasteiger partial charge is 0.462 e. The SMILES string of the molecule is CCC(C)CCCCCCCCC(=O)O[C@H](COC(=O)CCCCCCCCCCCCCCCCCCC(C)C)COP(=O)(O)OC[C@@H](O)COP(=O)(O)OC[C@@H](COC(=O)CCCCCCCCC(C)C)OC(=O)CCCCCCCCC(C)CC. The van der Waals surface area contributed by atoms with Crippen molar-refractivity contribution < 1.29 is 80.2 Å². The normalized spacial score (nSPS) is 14.9. The predicted octanol–water partition coefficient (Wildman–Crippen LogP) is 19.3. The Morgan fingerprint density at radius 1 is 0.318 bits per heavy atom. The molecule has 0 aromatic rings. The predicted molar refractivity (Wildman–Crippen MR) is 354 cm³/mol. The molecule has 0 fully saturated rings. The van der Waals surface area contributed by atoms with Gasteiger partial charge in [0.2, 0.25) is 0 Å². The summed E-state index contributed by atoms with van der Waals surface area (Å²) in [5.41, 5.74) is 0. The Hall–Kier alpha value is -1.94. The summed E-state index contributed by atoms with van der Waals surface area (Å²) in [5, 5.41) is 10.6. The van der Waals surface area contributed by atoms with Crippen molar-refractivity contribution in [1.29, 1.82) is 0 Å². The van der Waals surface area contributed by atoms with Crippen molar-refractivity contribution >= 4 is 39.5 Å². The molecule has 4 unspecified atom stereocenters. The minimum absolute atomic E-state index is 0.101. The molecule has 0 aliphatic heterocycles. The number of carbonyl (C=O) groups is 4. The van der Waals surface area contributed by atoms with Crippen LogP contribution in [0.2, 0.25) is 0 Å². The van der Waals surface area contributed by atoms with Crippen LogP contribution in [0.15, 0.2) is 0 Å². The number of hydrogen-bond donors (Lipinski definition) is 3. The van der Waals surface area contributed by atoms with Crippen molar-refractivity contribution in [2.45, 2.75) is 356 Å². The molecule has 0 aromatic heterocycles. The summed E-state index contributed by atoms with van der Waals surface area (Å²) < 4.78 is 68.1. The molecule has 0 aliphatic carbocycles. The number of phosphoric ester groups is 2. The van der Waals surface area contributed by atoms with E-state index in [1.165, 1.54) is 135 Å². The molecule has 0 rings (SSSR count). The third-order valence-electron chi connectivity index (χ3n) is 16.5. The largest absolute Gasteiger partial charge is 0.472 e. The summed E-state index contributed by atoms with van der Waals surface area (Å²) in [7, 11) is -9.90. The Morgan fingerprint density at radius 3 is 0.807 bits per heavy atom. The van der Waals surface area contributed by atoms with Gasteiger partial charge in [0.25, 0.3) is 0 Å². The first-order valence-corrected chi connectivity index (χ1v) is 38.8. The first kappa shape index (κ1) is 86.1. The zero-order chi connectivity index (χ0) is 65.4. The summed E-state index contributed by atoms with van der Waals surface area (Å²) in [4.78, 5) is 72.4. The van der Waals surface area contributed by atoms with Crippen molar-refractivity contribution in [3.05, 3.63) is 0 Å². The lowest BCUT2D eigenvalue weighted by Crippen LogP contribution is -2.30. The van der Waals surface area contributed by atoms with Gasteiger partial charge in [-0.25, -0.2) is 9.13 Å². The number of esters is 4. The average Bonchev–Trinajstić information content (AvgIpc) is 3.62. The van der Waals surface area contributed by atoms with Gasteiger partial charge in [-0.2, -0.15) is 0 Å². The van der Waals surface area contributed by atoms with Crippen molar-refractivity contribution in [2.24, 2.45) is 23.7 Å². The summed E-state index contributed by atoms with van der Waals surface area (Å²) in [6, 6.07) is 0. The first-order chi connectivity index (χ1) is 42.2. The van der Waals surface area contributed by atoms with Gasteiger partial charge in [0.05, 0.1) is 26.4 Å². The number of aliphatic hydroxyl groups excluding tert-OH is 1. The first-order valence-electron chi connectivity index (χ1n) is 35.8.